The maximum absolute atomic E-state index is 13.2. The highest BCUT2D eigenvalue weighted by Crippen LogP contribution is 2.15. The topological polar surface area (TPSA) is 29.1 Å². The van der Waals surface area contributed by atoms with Crippen molar-refractivity contribution in [3.05, 3.63) is 34.1 Å². The number of halogens is 3. The maximum atomic E-state index is 13.2. The number of alkyl halides is 1. The Balaban J connectivity index is 2.65. The van der Waals surface area contributed by atoms with Gasteiger partial charge in [0.15, 0.2) is 0 Å². The van der Waals surface area contributed by atoms with E-state index in [9.17, 15) is 9.18 Å². The molecule has 0 aliphatic rings. The van der Waals surface area contributed by atoms with Gasteiger partial charge in [0.1, 0.15) is 11.2 Å². The molecular weight excluding hydrogens is 284 g/mol. The quantitative estimate of drug-likeness (QED) is 0.853. The molecule has 1 rings (SSSR count). The molecule has 5 heteroatoms. The standard InChI is InChI=1S/C10H10BrClFNO/c1-6(12)10(15)14-5-7-4-8(11)2-3-9(7)13/h2-4,6H,5H2,1H3,(H,14,15). The van der Waals surface area contributed by atoms with Crippen molar-refractivity contribution in [2.24, 2.45) is 0 Å². The van der Waals surface area contributed by atoms with E-state index in [-0.39, 0.29) is 18.3 Å². The normalized spacial score (nSPS) is 12.3. The van der Waals surface area contributed by atoms with Crippen molar-refractivity contribution in [3.8, 4) is 0 Å². The Bertz CT molecular complexity index is 370. The van der Waals surface area contributed by atoms with Crippen LogP contribution in [0.3, 0.4) is 0 Å². The summed E-state index contributed by atoms with van der Waals surface area (Å²) in [6.07, 6.45) is 0. The van der Waals surface area contributed by atoms with Crippen LogP contribution in [0.4, 0.5) is 4.39 Å². The third-order valence-electron chi connectivity index (χ3n) is 1.82. The average molecular weight is 295 g/mol. The monoisotopic (exact) mass is 293 g/mol. The third-order valence-corrected chi connectivity index (χ3v) is 2.51. The third kappa shape index (κ3) is 3.80. The van der Waals surface area contributed by atoms with Crippen LogP contribution in [-0.4, -0.2) is 11.3 Å². The van der Waals surface area contributed by atoms with Crippen molar-refractivity contribution in [1.82, 2.24) is 5.32 Å². The first kappa shape index (κ1) is 12.5. The number of hydrogen-bond acceptors (Lipinski definition) is 1. The lowest BCUT2D eigenvalue weighted by Gasteiger charge is -2.07. The van der Waals surface area contributed by atoms with Crippen LogP contribution >= 0.6 is 27.5 Å². The van der Waals surface area contributed by atoms with Gasteiger partial charge in [-0.25, -0.2) is 4.39 Å². The van der Waals surface area contributed by atoms with Gasteiger partial charge in [-0.3, -0.25) is 4.79 Å². The summed E-state index contributed by atoms with van der Waals surface area (Å²) in [7, 11) is 0. The molecule has 1 aromatic rings. The SMILES string of the molecule is CC(Cl)C(=O)NCc1cc(Br)ccc1F. The number of carbonyl (C=O) groups is 1. The molecule has 0 bridgehead atoms. The van der Waals surface area contributed by atoms with Crippen LogP contribution in [0.2, 0.25) is 0 Å². The fourth-order valence-electron chi connectivity index (χ4n) is 1.00. The first-order chi connectivity index (χ1) is 7.00. The molecule has 0 aromatic heterocycles. The predicted octanol–water partition coefficient (Wildman–Crippen LogP) is 2.83. The van der Waals surface area contributed by atoms with E-state index in [1.807, 2.05) is 0 Å². The largest absolute Gasteiger partial charge is 0.351 e. The minimum Gasteiger partial charge on any atom is -0.351 e. The zero-order valence-electron chi connectivity index (χ0n) is 8.06. The van der Waals surface area contributed by atoms with Crippen LogP contribution in [0.15, 0.2) is 22.7 Å². The van der Waals surface area contributed by atoms with Gasteiger partial charge in [0.2, 0.25) is 5.91 Å². The molecule has 2 nitrogen and oxygen atoms in total. The van der Waals surface area contributed by atoms with Crippen LogP contribution in [0.1, 0.15) is 12.5 Å². The van der Waals surface area contributed by atoms with E-state index >= 15 is 0 Å². The second kappa shape index (κ2) is 5.47. The second-order valence-corrected chi connectivity index (χ2v) is 4.64. The first-order valence-corrected chi connectivity index (χ1v) is 5.59. The molecule has 0 heterocycles. The fourth-order valence-corrected chi connectivity index (χ4v) is 1.49. The van der Waals surface area contributed by atoms with Crippen LogP contribution in [-0.2, 0) is 11.3 Å². The van der Waals surface area contributed by atoms with Gasteiger partial charge in [-0.15, -0.1) is 11.6 Å². The van der Waals surface area contributed by atoms with Crippen molar-refractivity contribution in [3.63, 3.8) is 0 Å². The van der Waals surface area contributed by atoms with E-state index in [2.05, 4.69) is 21.2 Å². The number of benzene rings is 1. The van der Waals surface area contributed by atoms with E-state index in [0.717, 1.165) is 4.47 Å². The molecule has 0 spiro atoms. The van der Waals surface area contributed by atoms with Crippen molar-refractivity contribution >= 4 is 33.4 Å². The lowest BCUT2D eigenvalue weighted by Crippen LogP contribution is -2.29. The van der Waals surface area contributed by atoms with Crippen molar-refractivity contribution in [2.75, 3.05) is 0 Å². The summed E-state index contributed by atoms with van der Waals surface area (Å²) in [6.45, 7) is 1.70. The fraction of sp³-hybridized carbons (Fsp3) is 0.300. The van der Waals surface area contributed by atoms with Crippen molar-refractivity contribution in [1.29, 1.82) is 0 Å². The summed E-state index contributed by atoms with van der Waals surface area (Å²) in [5, 5.41) is 1.92. The van der Waals surface area contributed by atoms with Crippen LogP contribution in [0.5, 0.6) is 0 Å². The molecule has 1 amide bonds. The Morgan fingerprint density at radius 1 is 1.67 bits per heavy atom. The Labute approximate surface area is 101 Å². The highest BCUT2D eigenvalue weighted by Gasteiger charge is 2.09. The van der Waals surface area contributed by atoms with E-state index in [4.69, 9.17) is 11.6 Å². The summed E-state index contributed by atoms with van der Waals surface area (Å²) in [5.41, 5.74) is 0.426. The predicted molar refractivity (Wildman–Crippen MR) is 61.3 cm³/mol. The van der Waals surface area contributed by atoms with E-state index in [1.165, 1.54) is 6.07 Å². The zero-order chi connectivity index (χ0) is 11.4. The summed E-state index contributed by atoms with van der Waals surface area (Å²) < 4.78 is 14.0. The summed E-state index contributed by atoms with van der Waals surface area (Å²) >= 11 is 8.78. The zero-order valence-corrected chi connectivity index (χ0v) is 10.4. The Morgan fingerprint density at radius 3 is 2.93 bits per heavy atom. The number of hydrogen-bond donors (Lipinski definition) is 1. The minimum atomic E-state index is -0.611. The van der Waals surface area contributed by atoms with Gasteiger partial charge in [-0.2, -0.15) is 0 Å². The summed E-state index contributed by atoms with van der Waals surface area (Å²) in [5.74, 6) is -0.656. The molecular formula is C10H10BrClFNO. The van der Waals surface area contributed by atoms with Gasteiger partial charge in [-0.1, -0.05) is 15.9 Å². The van der Waals surface area contributed by atoms with Gasteiger partial charge in [-0.05, 0) is 25.1 Å². The molecule has 0 fully saturated rings. The first-order valence-electron chi connectivity index (χ1n) is 4.36. The number of carbonyl (C=O) groups excluding carboxylic acids is 1. The summed E-state index contributed by atoms with van der Waals surface area (Å²) in [4.78, 5) is 11.1. The number of rotatable bonds is 3. The van der Waals surface area contributed by atoms with Gasteiger partial charge in [0, 0.05) is 16.6 Å². The van der Waals surface area contributed by atoms with Gasteiger partial charge in [0.25, 0.3) is 0 Å². The van der Waals surface area contributed by atoms with Crippen LogP contribution in [0, 0.1) is 5.82 Å². The van der Waals surface area contributed by atoms with E-state index in [0.29, 0.717) is 5.56 Å². The molecule has 1 unspecified atom stereocenters. The maximum Gasteiger partial charge on any atom is 0.238 e. The molecule has 1 aromatic carbocycles. The summed E-state index contributed by atoms with van der Waals surface area (Å²) in [6, 6.07) is 4.56. The lowest BCUT2D eigenvalue weighted by atomic mass is 10.2. The van der Waals surface area contributed by atoms with Crippen LogP contribution < -0.4 is 5.32 Å². The molecule has 0 radical (unpaired) electrons. The minimum absolute atomic E-state index is 0.140. The molecule has 0 saturated heterocycles. The van der Waals surface area contributed by atoms with Gasteiger partial charge >= 0.3 is 0 Å². The average Bonchev–Trinajstić information content (AvgIpc) is 2.18. The van der Waals surface area contributed by atoms with Crippen molar-refractivity contribution < 1.29 is 9.18 Å². The lowest BCUT2D eigenvalue weighted by molar-refractivity contribution is -0.120. The Morgan fingerprint density at radius 2 is 2.33 bits per heavy atom. The van der Waals surface area contributed by atoms with Crippen LogP contribution in [0.25, 0.3) is 0 Å². The van der Waals surface area contributed by atoms with E-state index < -0.39 is 5.38 Å². The highest BCUT2D eigenvalue weighted by molar-refractivity contribution is 9.10. The Hall–Kier alpha value is -0.610. The number of nitrogens with one attached hydrogen (secondary N) is 1. The second-order valence-electron chi connectivity index (χ2n) is 3.07. The molecule has 1 N–H and O–H groups in total. The Kier molecular flexibility index (Phi) is 4.54. The number of amides is 1. The van der Waals surface area contributed by atoms with E-state index in [1.54, 1.807) is 19.1 Å². The molecule has 0 saturated carbocycles. The van der Waals surface area contributed by atoms with Gasteiger partial charge < -0.3 is 5.32 Å². The molecule has 1 atom stereocenters. The molecule has 15 heavy (non-hydrogen) atoms. The molecule has 0 aliphatic carbocycles. The van der Waals surface area contributed by atoms with Crippen molar-refractivity contribution in [2.45, 2.75) is 18.8 Å². The highest BCUT2D eigenvalue weighted by atomic mass is 79.9. The van der Waals surface area contributed by atoms with Gasteiger partial charge in [0.05, 0.1) is 0 Å². The molecule has 0 aliphatic heterocycles. The smallest absolute Gasteiger partial charge is 0.238 e. The molecule has 82 valence electrons.